The van der Waals surface area contributed by atoms with Gasteiger partial charge in [0.15, 0.2) is 0 Å². The van der Waals surface area contributed by atoms with Gasteiger partial charge in [0.05, 0.1) is 29.1 Å². The van der Waals surface area contributed by atoms with Crippen LogP contribution in [0.15, 0.2) is 30.3 Å². The van der Waals surface area contributed by atoms with Gasteiger partial charge in [-0.05, 0) is 12.0 Å². The van der Waals surface area contributed by atoms with Crippen LogP contribution in [0.3, 0.4) is 0 Å². The van der Waals surface area contributed by atoms with Crippen molar-refractivity contribution < 1.29 is 28.5 Å². The average molecular weight is 404 g/mol. The van der Waals surface area contributed by atoms with E-state index in [-0.39, 0.29) is 42.6 Å². The zero-order chi connectivity index (χ0) is 19.5. The third-order valence-electron chi connectivity index (χ3n) is 6.90. The number of benzene rings is 1. The fourth-order valence-electron chi connectivity index (χ4n) is 5.92. The predicted molar refractivity (Wildman–Crippen MR) is 102 cm³/mol. The summed E-state index contributed by atoms with van der Waals surface area (Å²) in [7, 11) is 0. The molecule has 7 heteroatoms. The van der Waals surface area contributed by atoms with E-state index in [2.05, 4.69) is 12.1 Å². The molecule has 6 nitrogen and oxygen atoms in total. The topological polar surface area (TPSA) is 71.1 Å². The van der Waals surface area contributed by atoms with Crippen molar-refractivity contribution in [3.63, 3.8) is 0 Å². The van der Waals surface area contributed by atoms with Crippen LogP contribution in [0.4, 0.5) is 0 Å². The summed E-state index contributed by atoms with van der Waals surface area (Å²) in [5.74, 6) is 0.984. The number of hydrogen-bond donors (Lipinski definition) is 0. The van der Waals surface area contributed by atoms with Crippen molar-refractivity contribution in [2.45, 2.75) is 50.3 Å². The summed E-state index contributed by atoms with van der Waals surface area (Å²) >= 11 is 1.80. The van der Waals surface area contributed by atoms with E-state index in [1.807, 2.05) is 18.2 Å². The van der Waals surface area contributed by atoms with Crippen molar-refractivity contribution in [1.29, 1.82) is 0 Å². The summed E-state index contributed by atoms with van der Waals surface area (Å²) in [5.41, 5.74) is 0.312. The Hall–Kier alpha value is -1.57. The maximum absolute atomic E-state index is 11.8. The van der Waals surface area contributed by atoms with Gasteiger partial charge < -0.3 is 18.9 Å². The smallest absolute Gasteiger partial charge is 0.304 e. The molecule has 1 spiro atoms. The first-order chi connectivity index (χ1) is 13.5. The van der Waals surface area contributed by atoms with Gasteiger partial charge in [-0.25, -0.2) is 0 Å². The Labute approximate surface area is 168 Å². The molecule has 4 aliphatic heterocycles. The Morgan fingerprint density at radius 2 is 2.00 bits per heavy atom. The van der Waals surface area contributed by atoms with Gasteiger partial charge in [0, 0.05) is 31.3 Å². The first kappa shape index (κ1) is 18.5. The fourth-order valence-corrected chi connectivity index (χ4v) is 7.41. The average Bonchev–Trinajstić information content (AvgIpc) is 3.28. The lowest BCUT2D eigenvalue weighted by atomic mass is 9.55. The first-order valence-electron chi connectivity index (χ1n) is 9.73. The molecule has 4 heterocycles. The van der Waals surface area contributed by atoms with Crippen LogP contribution in [0.5, 0.6) is 0 Å². The number of esters is 2. The van der Waals surface area contributed by atoms with E-state index in [1.165, 1.54) is 19.4 Å². The second-order valence-electron chi connectivity index (χ2n) is 8.26. The standard InChI is InChI=1S/C21H24O6S/c1-12(22)24-10-21-16-9-28-11-20(21)8-15(14-6-4-3-5-7-14)18(27-20)17(21)19(26-16)25-13(2)23/h3-7,15-19H,8-11H2,1-2H3/t15-,16-,17-,18+,19-,20+,21+/m1/s1. The Morgan fingerprint density at radius 1 is 1.21 bits per heavy atom. The lowest BCUT2D eigenvalue weighted by molar-refractivity contribution is -0.187. The second kappa shape index (κ2) is 6.47. The molecular weight excluding hydrogens is 380 g/mol. The van der Waals surface area contributed by atoms with Gasteiger partial charge in [-0.3, -0.25) is 9.59 Å². The highest BCUT2D eigenvalue weighted by Crippen LogP contribution is 2.71. The molecule has 0 radical (unpaired) electrons. The lowest BCUT2D eigenvalue weighted by Crippen LogP contribution is -2.62. The summed E-state index contributed by atoms with van der Waals surface area (Å²) in [6, 6.07) is 10.3. The van der Waals surface area contributed by atoms with Gasteiger partial charge in [-0.1, -0.05) is 30.3 Å². The van der Waals surface area contributed by atoms with E-state index >= 15 is 0 Å². The van der Waals surface area contributed by atoms with E-state index in [4.69, 9.17) is 18.9 Å². The highest BCUT2D eigenvalue weighted by molar-refractivity contribution is 7.99. The molecular formula is C21H24O6S. The molecule has 5 rings (SSSR count). The van der Waals surface area contributed by atoms with E-state index in [0.29, 0.717) is 0 Å². The van der Waals surface area contributed by atoms with Crippen LogP contribution in [0.25, 0.3) is 0 Å². The minimum atomic E-state index is -0.671. The van der Waals surface area contributed by atoms with Crippen LogP contribution >= 0.6 is 11.8 Å². The fraction of sp³-hybridized carbons (Fsp3) is 0.619. The molecule has 2 bridgehead atoms. The van der Waals surface area contributed by atoms with Crippen molar-refractivity contribution in [2.75, 3.05) is 18.1 Å². The Balaban J connectivity index is 1.58. The van der Waals surface area contributed by atoms with E-state index in [1.54, 1.807) is 11.8 Å². The largest absolute Gasteiger partial charge is 0.465 e. The molecule has 28 heavy (non-hydrogen) atoms. The highest BCUT2D eigenvalue weighted by Gasteiger charge is 2.80. The third kappa shape index (κ3) is 2.42. The van der Waals surface area contributed by atoms with Crippen LogP contribution in [0.2, 0.25) is 0 Å². The maximum atomic E-state index is 11.8. The summed E-state index contributed by atoms with van der Waals surface area (Å²) in [4.78, 5) is 23.4. The van der Waals surface area contributed by atoms with Gasteiger partial charge in [-0.2, -0.15) is 11.8 Å². The van der Waals surface area contributed by atoms with Crippen molar-refractivity contribution in [1.82, 2.24) is 0 Å². The Bertz CT molecular complexity index is 799. The van der Waals surface area contributed by atoms with Crippen molar-refractivity contribution in [3.8, 4) is 0 Å². The molecule has 1 aromatic carbocycles. The highest BCUT2D eigenvalue weighted by atomic mass is 32.2. The molecule has 0 aromatic heterocycles. The molecule has 0 unspecified atom stereocenters. The van der Waals surface area contributed by atoms with E-state index in [0.717, 1.165) is 17.9 Å². The summed E-state index contributed by atoms with van der Waals surface area (Å²) in [6.07, 6.45) is -0.109. The van der Waals surface area contributed by atoms with Gasteiger partial charge in [0.2, 0.25) is 6.29 Å². The minimum Gasteiger partial charge on any atom is -0.465 e. The van der Waals surface area contributed by atoms with Crippen molar-refractivity contribution in [3.05, 3.63) is 35.9 Å². The Kier molecular flexibility index (Phi) is 4.27. The van der Waals surface area contributed by atoms with Crippen molar-refractivity contribution in [2.24, 2.45) is 11.3 Å². The number of ether oxygens (including phenoxy) is 4. The van der Waals surface area contributed by atoms with Crippen LogP contribution in [0.1, 0.15) is 31.7 Å². The van der Waals surface area contributed by atoms with Crippen LogP contribution in [-0.2, 0) is 28.5 Å². The summed E-state index contributed by atoms with van der Waals surface area (Å²) < 4.78 is 24.2. The number of thioether (sulfide) groups is 1. The molecule has 4 saturated heterocycles. The number of fused-ring (bicyclic) bond motifs is 2. The molecule has 150 valence electrons. The third-order valence-corrected chi connectivity index (χ3v) is 8.11. The molecule has 0 saturated carbocycles. The SMILES string of the molecule is CC(=O)OC[C@@]12[C@H]3[C@H](OC(C)=O)O[C@@H]1CSC[C@@]21C[C@H](c2ccccc2)[C@@H]3O1. The van der Waals surface area contributed by atoms with Crippen LogP contribution in [-0.4, -0.2) is 54.2 Å². The quantitative estimate of drug-likeness (QED) is 0.714. The zero-order valence-electron chi connectivity index (χ0n) is 16.0. The molecule has 0 N–H and O–H groups in total. The van der Waals surface area contributed by atoms with Crippen molar-refractivity contribution >= 4 is 23.7 Å². The first-order valence-corrected chi connectivity index (χ1v) is 10.9. The lowest BCUT2D eigenvalue weighted by Gasteiger charge is -2.50. The molecule has 1 aromatic rings. The summed E-state index contributed by atoms with van der Waals surface area (Å²) in [5, 5.41) is 0. The Morgan fingerprint density at radius 3 is 2.71 bits per heavy atom. The molecule has 4 aliphatic rings. The van der Waals surface area contributed by atoms with Gasteiger partial charge >= 0.3 is 11.9 Å². The predicted octanol–water partition coefficient (Wildman–Crippen LogP) is 2.51. The molecule has 0 aliphatic carbocycles. The number of rotatable bonds is 4. The minimum absolute atomic E-state index is 0.133. The van der Waals surface area contributed by atoms with E-state index < -0.39 is 17.3 Å². The normalized spacial score (nSPS) is 42.9. The molecule has 7 atom stereocenters. The number of carbonyl (C=O) groups is 2. The number of carbonyl (C=O) groups excluding carboxylic acids is 2. The van der Waals surface area contributed by atoms with Crippen LogP contribution in [0, 0.1) is 11.3 Å². The molecule has 4 fully saturated rings. The van der Waals surface area contributed by atoms with Gasteiger partial charge in [0.1, 0.15) is 6.61 Å². The molecule has 0 amide bonds. The monoisotopic (exact) mass is 404 g/mol. The zero-order valence-corrected chi connectivity index (χ0v) is 16.8. The van der Waals surface area contributed by atoms with Gasteiger partial charge in [-0.15, -0.1) is 0 Å². The van der Waals surface area contributed by atoms with Crippen LogP contribution < -0.4 is 0 Å². The van der Waals surface area contributed by atoms with Gasteiger partial charge in [0.25, 0.3) is 0 Å². The number of hydrogen-bond acceptors (Lipinski definition) is 7. The summed E-state index contributed by atoms with van der Waals surface area (Å²) in [6.45, 7) is 3.07. The second-order valence-corrected chi connectivity index (χ2v) is 9.29. The van der Waals surface area contributed by atoms with E-state index in [9.17, 15) is 9.59 Å². The maximum Gasteiger partial charge on any atom is 0.304 e.